The Morgan fingerprint density at radius 2 is 1.77 bits per heavy atom. The summed E-state index contributed by atoms with van der Waals surface area (Å²) < 4.78 is 10.8. The number of H-pyrrole nitrogens is 1. The molecule has 2 N–H and O–H groups in total. The van der Waals surface area contributed by atoms with Crippen molar-refractivity contribution < 1.29 is 14.3 Å². The fourth-order valence-electron chi connectivity index (χ4n) is 3.32. The molecule has 3 rings (SSSR count). The lowest BCUT2D eigenvalue weighted by Crippen LogP contribution is -2.17. The monoisotopic (exact) mass is 352 g/mol. The van der Waals surface area contributed by atoms with Crippen LogP contribution in [0.25, 0.3) is 22.2 Å². The van der Waals surface area contributed by atoms with Crippen LogP contribution >= 0.6 is 0 Å². The van der Waals surface area contributed by atoms with Gasteiger partial charge >= 0.3 is 0 Å². The molecule has 1 amide bonds. The Hall–Kier alpha value is -2.95. The first-order valence-electron chi connectivity index (χ1n) is 8.60. The lowest BCUT2D eigenvalue weighted by Gasteiger charge is -2.12. The number of methoxy groups -OCH3 is 2. The highest BCUT2D eigenvalue weighted by atomic mass is 16.5. The molecule has 0 bridgehead atoms. The first-order valence-corrected chi connectivity index (χ1v) is 8.60. The summed E-state index contributed by atoms with van der Waals surface area (Å²) in [6, 6.07) is 11.6. The molecule has 0 saturated heterocycles. The van der Waals surface area contributed by atoms with E-state index in [-0.39, 0.29) is 11.8 Å². The van der Waals surface area contributed by atoms with Crippen LogP contribution in [-0.4, -0.2) is 32.2 Å². The molecule has 5 heteroatoms. The van der Waals surface area contributed by atoms with Gasteiger partial charge in [-0.25, -0.2) is 0 Å². The number of aromatic amines is 1. The fourth-order valence-corrected chi connectivity index (χ4v) is 3.32. The minimum absolute atomic E-state index is 0.0875. The van der Waals surface area contributed by atoms with E-state index in [9.17, 15) is 4.79 Å². The van der Waals surface area contributed by atoms with Gasteiger partial charge in [0.2, 0.25) is 0 Å². The molecule has 26 heavy (non-hydrogen) atoms. The second kappa shape index (κ2) is 7.12. The maximum atomic E-state index is 12.0. The van der Waals surface area contributed by atoms with E-state index in [1.807, 2.05) is 36.4 Å². The van der Waals surface area contributed by atoms with E-state index in [0.717, 1.165) is 22.2 Å². The Labute approximate surface area is 153 Å². The van der Waals surface area contributed by atoms with Crippen molar-refractivity contribution in [3.05, 3.63) is 47.5 Å². The average Bonchev–Trinajstić information content (AvgIpc) is 3.05. The third-order valence-corrected chi connectivity index (χ3v) is 4.58. The van der Waals surface area contributed by atoms with Crippen molar-refractivity contribution in [3.63, 3.8) is 0 Å². The lowest BCUT2D eigenvalue weighted by molar-refractivity contribution is 0.0963. The van der Waals surface area contributed by atoms with Gasteiger partial charge in [0.25, 0.3) is 5.91 Å². The highest BCUT2D eigenvalue weighted by molar-refractivity contribution is 6.00. The van der Waals surface area contributed by atoms with Crippen LogP contribution in [0.4, 0.5) is 0 Å². The molecule has 0 saturated carbocycles. The van der Waals surface area contributed by atoms with Crippen molar-refractivity contribution in [1.29, 1.82) is 0 Å². The van der Waals surface area contributed by atoms with Crippen LogP contribution in [0.15, 0.2) is 36.4 Å². The van der Waals surface area contributed by atoms with Gasteiger partial charge in [-0.3, -0.25) is 4.79 Å². The molecule has 0 radical (unpaired) electrons. The number of benzene rings is 2. The van der Waals surface area contributed by atoms with E-state index >= 15 is 0 Å². The Balaban J connectivity index is 2.23. The van der Waals surface area contributed by atoms with Gasteiger partial charge in [0, 0.05) is 29.1 Å². The number of hydrogen-bond donors (Lipinski definition) is 2. The summed E-state index contributed by atoms with van der Waals surface area (Å²) >= 11 is 0. The maximum absolute atomic E-state index is 12.0. The Morgan fingerprint density at radius 1 is 1.04 bits per heavy atom. The van der Waals surface area contributed by atoms with E-state index in [2.05, 4.69) is 24.1 Å². The summed E-state index contributed by atoms with van der Waals surface area (Å²) in [5.41, 5.74) is 4.89. The number of carbonyl (C=O) groups excluding carboxylic acids is 1. The molecule has 0 aliphatic rings. The molecule has 0 aliphatic carbocycles. The van der Waals surface area contributed by atoms with Crippen LogP contribution < -0.4 is 14.8 Å². The lowest BCUT2D eigenvalue weighted by atomic mass is 9.95. The van der Waals surface area contributed by atoms with Crippen LogP contribution in [0, 0.1) is 0 Å². The Kier molecular flexibility index (Phi) is 4.89. The molecule has 5 nitrogen and oxygen atoms in total. The molecular formula is C21H24N2O3. The minimum atomic E-state index is -0.0875. The third kappa shape index (κ3) is 3.01. The number of carbonyl (C=O) groups is 1. The van der Waals surface area contributed by atoms with Crippen LogP contribution in [0.1, 0.15) is 35.7 Å². The zero-order valence-electron chi connectivity index (χ0n) is 15.8. The average molecular weight is 352 g/mol. The number of amides is 1. The summed E-state index contributed by atoms with van der Waals surface area (Å²) in [4.78, 5) is 15.5. The molecule has 1 aromatic heterocycles. The molecule has 3 aromatic rings. The van der Waals surface area contributed by atoms with E-state index in [4.69, 9.17) is 9.47 Å². The smallest absolute Gasteiger partial charge is 0.251 e. The molecule has 136 valence electrons. The van der Waals surface area contributed by atoms with Crippen molar-refractivity contribution >= 4 is 16.8 Å². The molecule has 0 spiro atoms. The van der Waals surface area contributed by atoms with E-state index in [1.165, 1.54) is 5.56 Å². The predicted octanol–water partition coefficient (Wildman–Crippen LogP) is 4.34. The maximum Gasteiger partial charge on any atom is 0.251 e. The molecule has 0 atom stereocenters. The van der Waals surface area contributed by atoms with Gasteiger partial charge in [-0.2, -0.15) is 0 Å². The van der Waals surface area contributed by atoms with E-state index < -0.39 is 0 Å². The molecule has 0 unspecified atom stereocenters. The quantitative estimate of drug-likeness (QED) is 0.718. The number of hydrogen-bond acceptors (Lipinski definition) is 3. The molecular weight excluding hydrogens is 328 g/mol. The van der Waals surface area contributed by atoms with Crippen LogP contribution in [0.2, 0.25) is 0 Å². The molecule has 2 aromatic carbocycles. The second-order valence-corrected chi connectivity index (χ2v) is 6.48. The standard InChI is InChI=1S/C21H24N2O3/c1-12(2)19-15-10-14(21(24)22-3)6-8-16(15)23-20(19)13-7-9-17(25-4)18(11-13)26-5/h6-12,23H,1-5H3,(H,22,24). The van der Waals surface area contributed by atoms with Crippen LogP contribution in [-0.2, 0) is 0 Å². The van der Waals surface area contributed by atoms with Crippen LogP contribution in [0.5, 0.6) is 11.5 Å². The van der Waals surface area contributed by atoms with Crippen molar-refractivity contribution in [3.8, 4) is 22.8 Å². The number of aromatic nitrogens is 1. The fraction of sp³-hybridized carbons (Fsp3) is 0.286. The Morgan fingerprint density at radius 3 is 2.38 bits per heavy atom. The highest BCUT2D eigenvalue weighted by Gasteiger charge is 2.18. The number of nitrogens with one attached hydrogen (secondary N) is 2. The normalized spacial score (nSPS) is 11.0. The molecule has 0 aliphatic heterocycles. The zero-order valence-corrected chi connectivity index (χ0v) is 15.8. The van der Waals surface area contributed by atoms with Crippen molar-refractivity contribution in [2.45, 2.75) is 19.8 Å². The van der Waals surface area contributed by atoms with Crippen molar-refractivity contribution in [2.75, 3.05) is 21.3 Å². The molecule has 0 fully saturated rings. The summed E-state index contributed by atoms with van der Waals surface area (Å²) in [5.74, 6) is 1.58. The first-order chi connectivity index (χ1) is 12.5. The summed E-state index contributed by atoms with van der Waals surface area (Å²) in [5, 5.41) is 3.74. The van der Waals surface area contributed by atoms with Gasteiger partial charge in [-0.15, -0.1) is 0 Å². The minimum Gasteiger partial charge on any atom is -0.493 e. The number of fused-ring (bicyclic) bond motifs is 1. The van der Waals surface area contributed by atoms with Gasteiger partial charge < -0.3 is 19.8 Å². The van der Waals surface area contributed by atoms with E-state index in [1.54, 1.807) is 21.3 Å². The second-order valence-electron chi connectivity index (χ2n) is 6.48. The first kappa shape index (κ1) is 17.9. The van der Waals surface area contributed by atoms with Gasteiger partial charge in [-0.05, 0) is 47.9 Å². The topological polar surface area (TPSA) is 63.4 Å². The zero-order chi connectivity index (χ0) is 18.8. The highest BCUT2D eigenvalue weighted by Crippen LogP contribution is 2.39. The van der Waals surface area contributed by atoms with Gasteiger partial charge in [0.15, 0.2) is 11.5 Å². The number of rotatable bonds is 5. The van der Waals surface area contributed by atoms with E-state index in [0.29, 0.717) is 17.1 Å². The summed E-state index contributed by atoms with van der Waals surface area (Å²) in [7, 11) is 4.90. The third-order valence-electron chi connectivity index (χ3n) is 4.58. The van der Waals surface area contributed by atoms with Crippen molar-refractivity contribution in [1.82, 2.24) is 10.3 Å². The Bertz CT molecular complexity index is 957. The largest absolute Gasteiger partial charge is 0.493 e. The molecule has 1 heterocycles. The van der Waals surface area contributed by atoms with Crippen LogP contribution in [0.3, 0.4) is 0 Å². The summed E-state index contributed by atoms with van der Waals surface area (Å²) in [6.45, 7) is 4.30. The number of ether oxygens (including phenoxy) is 2. The van der Waals surface area contributed by atoms with Crippen molar-refractivity contribution in [2.24, 2.45) is 0 Å². The van der Waals surface area contributed by atoms with Gasteiger partial charge in [0.05, 0.1) is 19.9 Å². The predicted molar refractivity (Wildman–Crippen MR) is 104 cm³/mol. The summed E-state index contributed by atoms with van der Waals surface area (Å²) in [6.07, 6.45) is 0. The SMILES string of the molecule is CNC(=O)c1ccc2[nH]c(-c3ccc(OC)c(OC)c3)c(C(C)C)c2c1. The van der Waals surface area contributed by atoms with Gasteiger partial charge in [0.1, 0.15) is 0 Å². The van der Waals surface area contributed by atoms with Gasteiger partial charge in [-0.1, -0.05) is 13.8 Å².